The normalized spacial score (nSPS) is 16.7. The number of aliphatic hydroxyl groups is 3. The minimum Gasteiger partial charge on any atom is -0.384 e. The van der Waals surface area contributed by atoms with E-state index in [2.05, 4.69) is 0 Å². The van der Waals surface area contributed by atoms with E-state index in [-0.39, 0.29) is 8.58 Å². The molecule has 0 radical (unpaired) electrons. The van der Waals surface area contributed by atoms with Gasteiger partial charge < -0.3 is 15.3 Å². The first-order valence-electron chi connectivity index (χ1n) is 1.90. The van der Waals surface area contributed by atoms with Crippen LogP contribution in [-0.4, -0.2) is 34.1 Å². The highest BCUT2D eigenvalue weighted by molar-refractivity contribution is 7.37. The lowest BCUT2D eigenvalue weighted by molar-refractivity contribution is -0.0896. The minimum absolute atomic E-state index is 0.167. The summed E-state index contributed by atoms with van der Waals surface area (Å²) in [6, 6.07) is 0. The Labute approximate surface area is 43.8 Å². The lowest BCUT2D eigenvalue weighted by Gasteiger charge is -2.07. The Hall–Kier alpha value is 0.310. The summed E-state index contributed by atoms with van der Waals surface area (Å²) in [5.74, 6) is -0.958. The topological polar surface area (TPSA) is 60.7 Å². The van der Waals surface area contributed by atoms with Crippen LogP contribution in [0.1, 0.15) is 0 Å². The lowest BCUT2D eigenvalue weighted by atomic mass is 10.7. The molecule has 0 saturated carbocycles. The van der Waals surface area contributed by atoms with Crippen LogP contribution in [0.25, 0.3) is 0 Å². The summed E-state index contributed by atoms with van der Waals surface area (Å²) in [5, 5.41) is 24.7. The Morgan fingerprint density at radius 3 is 1.71 bits per heavy atom. The van der Waals surface area contributed by atoms with Crippen LogP contribution in [0.5, 0.6) is 0 Å². The monoisotopic (exact) mass is 124 g/mol. The molecule has 2 atom stereocenters. The fourth-order valence-corrected chi connectivity index (χ4v) is 0.447. The molecule has 0 aliphatic carbocycles. The van der Waals surface area contributed by atoms with Crippen molar-refractivity contribution in [2.75, 3.05) is 6.66 Å². The molecule has 0 aliphatic rings. The second-order valence-corrected chi connectivity index (χ2v) is 2.32. The van der Waals surface area contributed by atoms with Gasteiger partial charge in [-0.3, -0.25) is 0 Å². The van der Waals surface area contributed by atoms with Crippen molar-refractivity contribution in [1.29, 1.82) is 0 Å². The molecule has 0 amide bonds. The quantitative estimate of drug-likeness (QED) is 0.324. The second-order valence-electron chi connectivity index (χ2n) is 1.15. The Morgan fingerprint density at radius 1 is 1.29 bits per heavy atom. The molecule has 3 nitrogen and oxygen atoms in total. The van der Waals surface area contributed by atoms with Crippen LogP contribution < -0.4 is 0 Å². The summed E-state index contributed by atoms with van der Waals surface area (Å²) >= 11 is 0. The smallest absolute Gasteiger partial charge is 0.181 e. The van der Waals surface area contributed by atoms with Crippen molar-refractivity contribution in [1.82, 2.24) is 0 Å². The van der Waals surface area contributed by atoms with E-state index >= 15 is 0 Å². The molecule has 7 heavy (non-hydrogen) atoms. The Morgan fingerprint density at radius 2 is 1.71 bits per heavy atom. The largest absolute Gasteiger partial charge is 0.384 e. The van der Waals surface area contributed by atoms with E-state index in [1.165, 1.54) is 0 Å². The lowest BCUT2D eigenvalue weighted by Crippen LogP contribution is -2.19. The van der Waals surface area contributed by atoms with E-state index in [9.17, 15) is 0 Å². The van der Waals surface area contributed by atoms with Crippen molar-refractivity contribution < 1.29 is 15.3 Å². The van der Waals surface area contributed by atoms with Gasteiger partial charge in [0, 0.05) is 0 Å². The molecular formula is C3H9O3P. The van der Waals surface area contributed by atoms with Gasteiger partial charge in [0.2, 0.25) is 0 Å². The fraction of sp³-hybridized carbons (Fsp3) is 1.00. The number of hydrogen-bond donors (Lipinski definition) is 3. The molecule has 0 spiro atoms. The standard InChI is InChI=1S/C3H9O3P/c1-7-3(6)2(4)5/h2-7H,1H3. The van der Waals surface area contributed by atoms with Crippen molar-refractivity contribution in [3.05, 3.63) is 0 Å². The van der Waals surface area contributed by atoms with Gasteiger partial charge in [0.05, 0.1) is 0 Å². The zero-order valence-electron chi connectivity index (χ0n) is 4.00. The number of hydrogen-bond acceptors (Lipinski definition) is 3. The van der Waals surface area contributed by atoms with Crippen LogP contribution in [0.2, 0.25) is 0 Å². The van der Waals surface area contributed by atoms with Gasteiger partial charge in [-0.05, 0) is 6.66 Å². The maximum atomic E-state index is 8.45. The molecule has 0 aromatic carbocycles. The maximum Gasteiger partial charge on any atom is 0.181 e. The summed E-state index contributed by atoms with van der Waals surface area (Å²) in [6.45, 7) is 1.70. The molecule has 4 heteroatoms. The van der Waals surface area contributed by atoms with Crippen molar-refractivity contribution in [3.63, 3.8) is 0 Å². The molecule has 2 unspecified atom stereocenters. The SMILES string of the molecule is CPC(O)C(O)O. The molecule has 0 aromatic rings. The number of rotatable bonds is 2. The maximum absolute atomic E-state index is 8.45. The van der Waals surface area contributed by atoms with Crippen molar-refractivity contribution in [2.45, 2.75) is 12.1 Å². The molecule has 0 saturated heterocycles. The fourth-order valence-electron chi connectivity index (χ4n) is 0.149. The Bertz CT molecular complexity index is 47.4. The van der Waals surface area contributed by atoms with Gasteiger partial charge in [0.25, 0.3) is 0 Å². The van der Waals surface area contributed by atoms with Gasteiger partial charge in [-0.15, -0.1) is 0 Å². The van der Waals surface area contributed by atoms with Gasteiger partial charge in [-0.2, -0.15) is 0 Å². The van der Waals surface area contributed by atoms with Crippen LogP contribution in [0, 0.1) is 0 Å². The third-order valence-corrected chi connectivity index (χ3v) is 1.47. The zero-order chi connectivity index (χ0) is 5.86. The summed E-state index contributed by atoms with van der Waals surface area (Å²) in [4.78, 5) is 0. The van der Waals surface area contributed by atoms with Crippen molar-refractivity contribution in [3.8, 4) is 0 Å². The molecular weight excluding hydrogens is 115 g/mol. The van der Waals surface area contributed by atoms with Crippen molar-refractivity contribution >= 4 is 8.58 Å². The van der Waals surface area contributed by atoms with Gasteiger partial charge in [-0.25, -0.2) is 0 Å². The highest BCUT2D eigenvalue weighted by Crippen LogP contribution is 2.11. The summed E-state index contributed by atoms with van der Waals surface area (Å²) in [7, 11) is 0.167. The highest BCUT2D eigenvalue weighted by Gasteiger charge is 2.07. The van der Waals surface area contributed by atoms with Crippen LogP contribution >= 0.6 is 8.58 Å². The highest BCUT2D eigenvalue weighted by atomic mass is 31.1. The van der Waals surface area contributed by atoms with E-state index < -0.39 is 12.1 Å². The van der Waals surface area contributed by atoms with Crippen LogP contribution in [0.3, 0.4) is 0 Å². The third kappa shape index (κ3) is 2.94. The zero-order valence-corrected chi connectivity index (χ0v) is 5.00. The second kappa shape index (κ2) is 3.33. The first kappa shape index (κ1) is 7.31. The Kier molecular flexibility index (Phi) is 3.48. The summed E-state index contributed by atoms with van der Waals surface area (Å²) in [5.41, 5.74) is 0. The molecule has 0 heterocycles. The molecule has 0 aliphatic heterocycles. The molecule has 0 fully saturated rings. The van der Waals surface area contributed by atoms with Gasteiger partial charge >= 0.3 is 0 Å². The predicted octanol–water partition coefficient (Wildman–Crippen LogP) is -1.08. The predicted molar refractivity (Wildman–Crippen MR) is 28.5 cm³/mol. The molecule has 0 bridgehead atoms. The average molecular weight is 124 g/mol. The van der Waals surface area contributed by atoms with Crippen LogP contribution in [0.15, 0.2) is 0 Å². The van der Waals surface area contributed by atoms with E-state index in [1.54, 1.807) is 6.66 Å². The van der Waals surface area contributed by atoms with E-state index in [1.807, 2.05) is 0 Å². The summed E-state index contributed by atoms with van der Waals surface area (Å²) < 4.78 is 0. The third-order valence-electron chi connectivity index (χ3n) is 0.578. The van der Waals surface area contributed by atoms with Gasteiger partial charge in [0.15, 0.2) is 6.29 Å². The first-order chi connectivity index (χ1) is 3.18. The first-order valence-corrected chi connectivity index (χ1v) is 3.47. The summed E-state index contributed by atoms with van der Waals surface area (Å²) in [6.07, 6.45) is -1.57. The number of aliphatic hydroxyl groups excluding tert-OH is 2. The Balaban J connectivity index is 3.14. The molecule has 0 aromatic heterocycles. The van der Waals surface area contributed by atoms with Gasteiger partial charge in [-0.1, -0.05) is 8.58 Å². The van der Waals surface area contributed by atoms with Crippen LogP contribution in [-0.2, 0) is 0 Å². The minimum atomic E-state index is -1.57. The van der Waals surface area contributed by atoms with Gasteiger partial charge in [0.1, 0.15) is 5.85 Å². The molecule has 0 rings (SSSR count). The van der Waals surface area contributed by atoms with E-state index in [4.69, 9.17) is 15.3 Å². The molecule has 44 valence electrons. The van der Waals surface area contributed by atoms with E-state index in [0.717, 1.165) is 0 Å². The molecule has 3 N–H and O–H groups in total. The van der Waals surface area contributed by atoms with Crippen molar-refractivity contribution in [2.24, 2.45) is 0 Å². The van der Waals surface area contributed by atoms with E-state index in [0.29, 0.717) is 0 Å². The average Bonchev–Trinajstić information content (AvgIpc) is 1.65. The van der Waals surface area contributed by atoms with Crippen LogP contribution in [0.4, 0.5) is 0 Å².